The Morgan fingerprint density at radius 3 is 1.78 bits per heavy atom. The summed E-state index contributed by atoms with van der Waals surface area (Å²) in [4.78, 5) is 0. The van der Waals surface area contributed by atoms with Crippen LogP contribution in [-0.2, 0) is 0 Å². The summed E-state index contributed by atoms with van der Waals surface area (Å²) in [5.74, 6) is 0. The molecule has 0 fully saturated rings. The minimum Gasteiger partial charge on any atom is -0.404 e. The highest BCUT2D eigenvalue weighted by molar-refractivity contribution is 5.28. The molecule has 0 bridgehead atoms. The molecule has 0 amide bonds. The molecule has 0 aliphatic rings. The molecule has 0 unspecified atom stereocenters. The molecule has 0 saturated heterocycles. The zero-order valence-electron chi connectivity index (χ0n) is 6.23. The molecule has 0 aromatic carbocycles. The van der Waals surface area contributed by atoms with Crippen molar-refractivity contribution in [3.05, 3.63) is 23.0 Å². The first-order valence-corrected chi connectivity index (χ1v) is 2.91. The lowest BCUT2D eigenvalue weighted by atomic mass is 10.1. The van der Waals surface area contributed by atoms with Crippen LogP contribution in [0.25, 0.3) is 0 Å². The summed E-state index contributed by atoms with van der Waals surface area (Å²) in [6.45, 7) is 5.81. The van der Waals surface area contributed by atoms with Gasteiger partial charge in [-0.2, -0.15) is 0 Å². The summed E-state index contributed by atoms with van der Waals surface area (Å²) in [5.41, 5.74) is 13.7. The van der Waals surface area contributed by atoms with Crippen LogP contribution in [0, 0.1) is 0 Å². The van der Waals surface area contributed by atoms with Crippen LogP contribution in [0.15, 0.2) is 23.0 Å². The molecule has 0 aliphatic carbocycles. The molecule has 0 radical (unpaired) electrons. The van der Waals surface area contributed by atoms with Gasteiger partial charge in [-0.25, -0.2) is 0 Å². The van der Waals surface area contributed by atoms with Crippen LogP contribution in [0.4, 0.5) is 0 Å². The smallest absolute Gasteiger partial charge is 0.0344 e. The second-order valence-corrected chi connectivity index (χ2v) is 2.26. The lowest BCUT2D eigenvalue weighted by molar-refractivity contribution is 1.18. The third-order valence-corrected chi connectivity index (χ3v) is 1.21. The van der Waals surface area contributed by atoms with Gasteiger partial charge in [-0.3, -0.25) is 0 Å². The summed E-state index contributed by atoms with van der Waals surface area (Å²) < 4.78 is 0. The number of nitrogens with two attached hydrogens (primary N) is 2. The average Bonchev–Trinajstić information content (AvgIpc) is 1.84. The maximum Gasteiger partial charge on any atom is 0.0344 e. The summed E-state index contributed by atoms with van der Waals surface area (Å²) in [6, 6.07) is 0. The molecule has 0 heterocycles. The second kappa shape index (κ2) is 3.17. The Hall–Kier alpha value is -0.920. The Balaban J connectivity index is 4.40. The van der Waals surface area contributed by atoms with Crippen molar-refractivity contribution in [2.24, 2.45) is 11.5 Å². The standard InChI is InChI=1S/C7H14N2/c1-5(2)7(9)6(3)4-8/h4H,8-9H2,1-3H3/b6-4-. The van der Waals surface area contributed by atoms with Gasteiger partial charge >= 0.3 is 0 Å². The van der Waals surface area contributed by atoms with Crippen molar-refractivity contribution >= 4 is 0 Å². The van der Waals surface area contributed by atoms with Crippen molar-refractivity contribution in [3.8, 4) is 0 Å². The quantitative estimate of drug-likeness (QED) is 0.517. The first-order valence-electron chi connectivity index (χ1n) is 2.91. The topological polar surface area (TPSA) is 52.0 Å². The van der Waals surface area contributed by atoms with Gasteiger partial charge in [0.15, 0.2) is 0 Å². The van der Waals surface area contributed by atoms with E-state index < -0.39 is 0 Å². The van der Waals surface area contributed by atoms with Gasteiger partial charge in [0, 0.05) is 5.70 Å². The first kappa shape index (κ1) is 8.08. The normalized spacial score (nSPS) is 11.2. The second-order valence-electron chi connectivity index (χ2n) is 2.26. The molecule has 9 heavy (non-hydrogen) atoms. The van der Waals surface area contributed by atoms with Gasteiger partial charge in [-0.05, 0) is 32.5 Å². The molecule has 0 aromatic heterocycles. The molecule has 0 saturated carbocycles. The van der Waals surface area contributed by atoms with E-state index >= 15 is 0 Å². The molecule has 4 N–H and O–H groups in total. The molecule has 52 valence electrons. The largest absolute Gasteiger partial charge is 0.404 e. The number of rotatable bonds is 1. The Bertz CT molecular complexity index is 150. The highest BCUT2D eigenvalue weighted by Gasteiger charge is 1.92. The summed E-state index contributed by atoms with van der Waals surface area (Å²) in [6.07, 6.45) is 1.52. The lowest BCUT2D eigenvalue weighted by Crippen LogP contribution is -2.02. The van der Waals surface area contributed by atoms with Gasteiger partial charge in [0.25, 0.3) is 0 Å². The minimum atomic E-state index is 0.789. The fourth-order valence-corrected chi connectivity index (χ4v) is 0.484. The van der Waals surface area contributed by atoms with Gasteiger partial charge < -0.3 is 11.5 Å². The maximum atomic E-state index is 5.60. The number of allylic oxidation sites excluding steroid dienone is 2. The summed E-state index contributed by atoms with van der Waals surface area (Å²) in [5, 5.41) is 0. The predicted molar refractivity (Wildman–Crippen MR) is 40.5 cm³/mol. The zero-order valence-corrected chi connectivity index (χ0v) is 6.23. The van der Waals surface area contributed by atoms with E-state index in [1.54, 1.807) is 0 Å². The van der Waals surface area contributed by atoms with Crippen LogP contribution >= 0.6 is 0 Å². The Labute approximate surface area is 56.2 Å². The van der Waals surface area contributed by atoms with Crippen molar-refractivity contribution in [2.45, 2.75) is 20.8 Å². The molecule has 0 atom stereocenters. The van der Waals surface area contributed by atoms with Gasteiger partial charge in [-0.15, -0.1) is 0 Å². The van der Waals surface area contributed by atoms with Crippen molar-refractivity contribution in [1.82, 2.24) is 0 Å². The lowest BCUT2D eigenvalue weighted by Gasteiger charge is -2.01. The van der Waals surface area contributed by atoms with Gasteiger partial charge in [0.1, 0.15) is 0 Å². The van der Waals surface area contributed by atoms with Crippen molar-refractivity contribution in [2.75, 3.05) is 0 Å². The number of hydrogen-bond donors (Lipinski definition) is 2. The van der Waals surface area contributed by atoms with Crippen LogP contribution < -0.4 is 11.5 Å². The van der Waals surface area contributed by atoms with Crippen molar-refractivity contribution < 1.29 is 0 Å². The highest BCUT2D eigenvalue weighted by atomic mass is 14.6. The third-order valence-electron chi connectivity index (χ3n) is 1.21. The number of hydrogen-bond acceptors (Lipinski definition) is 2. The van der Waals surface area contributed by atoms with Gasteiger partial charge in [-0.1, -0.05) is 5.57 Å². The van der Waals surface area contributed by atoms with E-state index in [0.29, 0.717) is 0 Å². The van der Waals surface area contributed by atoms with Crippen LogP contribution in [0.1, 0.15) is 20.8 Å². The third kappa shape index (κ3) is 2.22. The van der Waals surface area contributed by atoms with Crippen molar-refractivity contribution in [3.63, 3.8) is 0 Å². The van der Waals surface area contributed by atoms with E-state index in [0.717, 1.165) is 16.8 Å². The van der Waals surface area contributed by atoms with Gasteiger partial charge in [0.05, 0.1) is 0 Å². The minimum absolute atomic E-state index is 0.789. The van der Waals surface area contributed by atoms with E-state index in [1.165, 1.54) is 6.20 Å². The summed E-state index contributed by atoms with van der Waals surface area (Å²) >= 11 is 0. The highest BCUT2D eigenvalue weighted by Crippen LogP contribution is 2.05. The van der Waals surface area contributed by atoms with Crippen LogP contribution in [0.3, 0.4) is 0 Å². The fraction of sp³-hybridized carbons (Fsp3) is 0.429. The van der Waals surface area contributed by atoms with Crippen molar-refractivity contribution in [1.29, 1.82) is 0 Å². The molecule has 0 spiro atoms. The molecule has 2 heteroatoms. The summed E-state index contributed by atoms with van der Waals surface area (Å²) in [7, 11) is 0. The first-order chi connectivity index (χ1) is 4.09. The van der Waals surface area contributed by atoms with Gasteiger partial charge in [0.2, 0.25) is 0 Å². The van der Waals surface area contributed by atoms with E-state index in [-0.39, 0.29) is 0 Å². The van der Waals surface area contributed by atoms with E-state index in [2.05, 4.69) is 0 Å². The molecule has 0 aliphatic heterocycles. The van der Waals surface area contributed by atoms with E-state index in [1.807, 2.05) is 20.8 Å². The Morgan fingerprint density at radius 1 is 1.22 bits per heavy atom. The SMILES string of the molecule is CC(C)=C(N)/C(C)=C\N. The van der Waals surface area contributed by atoms with Crippen LogP contribution in [0.5, 0.6) is 0 Å². The molecule has 0 rings (SSSR count). The molecule has 0 aromatic rings. The maximum absolute atomic E-state index is 5.60. The zero-order chi connectivity index (χ0) is 7.44. The van der Waals surface area contributed by atoms with Crippen LogP contribution in [0.2, 0.25) is 0 Å². The monoisotopic (exact) mass is 126 g/mol. The van der Waals surface area contributed by atoms with Crippen LogP contribution in [-0.4, -0.2) is 0 Å². The fourth-order valence-electron chi connectivity index (χ4n) is 0.484. The molecule has 2 nitrogen and oxygen atoms in total. The van der Waals surface area contributed by atoms with E-state index in [4.69, 9.17) is 11.5 Å². The molecular weight excluding hydrogens is 112 g/mol. The molecular formula is C7H14N2. The van der Waals surface area contributed by atoms with E-state index in [9.17, 15) is 0 Å². The average molecular weight is 126 g/mol. The predicted octanol–water partition coefficient (Wildman–Crippen LogP) is 1.10. The Morgan fingerprint density at radius 2 is 1.67 bits per heavy atom. The Kier molecular flexibility index (Phi) is 2.85.